The molecule has 13 heteroatoms. The van der Waals surface area contributed by atoms with Gasteiger partial charge < -0.3 is 15.3 Å². The summed E-state index contributed by atoms with van der Waals surface area (Å²) in [6.07, 6.45) is 0. The molecule has 2 saturated heterocycles. The molecule has 2 fully saturated rings. The molecule has 0 spiro atoms. The molecule has 0 bridgehead atoms. The van der Waals surface area contributed by atoms with Gasteiger partial charge in [-0.05, 0) is 19.4 Å². The Hall–Kier alpha value is -0.110. The average molecular weight is 460 g/mol. The summed E-state index contributed by atoms with van der Waals surface area (Å²) in [6, 6.07) is 5.31. The molecule has 2 aliphatic rings. The van der Waals surface area contributed by atoms with Crippen molar-refractivity contribution in [3.05, 3.63) is 35.9 Å². The van der Waals surface area contributed by atoms with Crippen molar-refractivity contribution in [3.63, 3.8) is 0 Å². The Morgan fingerprint density at radius 3 is 2.24 bits per heavy atom. The first-order valence-electron chi connectivity index (χ1n) is 7.99. The third kappa shape index (κ3) is 5.04. The molecule has 1 aromatic rings. The molecule has 3 rings (SSSR count). The van der Waals surface area contributed by atoms with Gasteiger partial charge in [-0.15, -0.1) is 11.8 Å². The van der Waals surface area contributed by atoms with Gasteiger partial charge in [-0.2, -0.15) is 8.42 Å². The number of benzene rings is 1. The molecule has 2 heterocycles. The van der Waals surface area contributed by atoms with E-state index in [2.05, 4.69) is 5.32 Å². The van der Waals surface area contributed by atoms with Crippen LogP contribution in [0, 0.1) is 0 Å². The number of β-lactam (4-membered cyclic amide) rings is 1. The van der Waals surface area contributed by atoms with Crippen molar-refractivity contribution in [2.75, 3.05) is 0 Å². The van der Waals surface area contributed by atoms with E-state index in [0.717, 1.165) is 0 Å². The first kappa shape index (κ1) is 26.9. The number of thioether (sulfide) groups is 1. The number of aliphatic carboxylic acids is 1. The van der Waals surface area contributed by atoms with Gasteiger partial charge in [-0.3, -0.25) is 14.1 Å². The number of hydrogen-bond acceptors (Lipinski definition) is 6. The fraction of sp³-hybridized carbons (Fsp3) is 0.438. The van der Waals surface area contributed by atoms with Crippen molar-refractivity contribution >= 4 is 39.7 Å². The monoisotopic (exact) mass is 460 g/mol. The Kier molecular flexibility index (Phi) is 8.89. The summed E-state index contributed by atoms with van der Waals surface area (Å²) in [6.45, 7) is 3.37. The molecular formula is C16H18N2Na2O7S2+2. The molecule has 2 aliphatic heterocycles. The summed E-state index contributed by atoms with van der Waals surface area (Å²) in [5, 5.41) is 9.26. The first-order chi connectivity index (χ1) is 12.4. The third-order valence-corrected chi connectivity index (χ3v) is 7.26. The Morgan fingerprint density at radius 1 is 1.21 bits per heavy atom. The van der Waals surface area contributed by atoms with Crippen molar-refractivity contribution in [3.8, 4) is 0 Å². The zero-order valence-electron chi connectivity index (χ0n) is 16.4. The van der Waals surface area contributed by atoms with Crippen molar-refractivity contribution in [1.82, 2.24) is 10.2 Å². The average Bonchev–Trinajstić information content (AvgIpc) is 2.81. The van der Waals surface area contributed by atoms with Crippen LogP contribution in [-0.4, -0.2) is 63.0 Å². The second-order valence-corrected chi connectivity index (χ2v) is 10.2. The normalized spacial score (nSPS) is 25.6. The van der Waals surface area contributed by atoms with Crippen molar-refractivity contribution in [2.45, 2.75) is 41.3 Å². The van der Waals surface area contributed by atoms with E-state index in [0.29, 0.717) is 0 Å². The predicted molar refractivity (Wildman–Crippen MR) is 96.4 cm³/mol. The van der Waals surface area contributed by atoms with E-state index in [1.165, 1.54) is 40.9 Å². The zero-order chi connectivity index (χ0) is 20.1. The summed E-state index contributed by atoms with van der Waals surface area (Å²) < 4.78 is 32.2. The van der Waals surface area contributed by atoms with Gasteiger partial charge in [-0.25, -0.2) is 4.79 Å². The van der Waals surface area contributed by atoms with Crippen LogP contribution in [0.3, 0.4) is 0 Å². The van der Waals surface area contributed by atoms with Crippen LogP contribution < -0.4 is 64.4 Å². The molecule has 29 heavy (non-hydrogen) atoms. The number of rotatable bonds is 5. The van der Waals surface area contributed by atoms with Crippen LogP contribution in [0.5, 0.6) is 0 Å². The second kappa shape index (κ2) is 9.58. The van der Waals surface area contributed by atoms with Gasteiger partial charge in [0.05, 0.1) is 0 Å². The minimum Gasteiger partial charge on any atom is -0.480 e. The standard InChI is InChI=1S/C16H18N2O7S2.2Na/c1-16(2)11(15(21)22)18-13(20)9(14(18)26-16)17-12(19)10(27(23,24)25)8-6-4-3-5-7-8;;/h3-7,9-11,14H,1-2H3,(H,17,19)(H,21,22)(H,23,24,25);;/q;2*+1/t9-,10-,11+,14-;;/m1../s1. The second-order valence-electron chi connectivity index (χ2n) is 6.89. The predicted octanol–water partition coefficient (Wildman–Crippen LogP) is -5.74. The maximum Gasteiger partial charge on any atom is 1.00 e. The van der Waals surface area contributed by atoms with Gasteiger partial charge in [0.1, 0.15) is 17.5 Å². The van der Waals surface area contributed by atoms with Crippen molar-refractivity contribution < 1.29 is 91.6 Å². The smallest absolute Gasteiger partial charge is 0.480 e. The Bertz CT molecular complexity index is 911. The molecule has 2 amide bonds. The van der Waals surface area contributed by atoms with Crippen LogP contribution in [0.1, 0.15) is 24.7 Å². The van der Waals surface area contributed by atoms with Crippen LogP contribution in [0.2, 0.25) is 0 Å². The van der Waals surface area contributed by atoms with Crippen LogP contribution in [0.15, 0.2) is 30.3 Å². The van der Waals surface area contributed by atoms with Crippen molar-refractivity contribution in [1.29, 1.82) is 0 Å². The van der Waals surface area contributed by atoms with E-state index in [-0.39, 0.29) is 64.7 Å². The maximum atomic E-state index is 12.6. The molecule has 3 N–H and O–H groups in total. The number of nitrogens with zero attached hydrogens (tertiary/aromatic N) is 1. The molecule has 9 nitrogen and oxygen atoms in total. The van der Waals surface area contributed by atoms with Crippen LogP contribution in [0.25, 0.3) is 0 Å². The van der Waals surface area contributed by atoms with Crippen LogP contribution in [0.4, 0.5) is 0 Å². The van der Waals surface area contributed by atoms with Gasteiger partial charge in [0, 0.05) is 4.75 Å². The largest absolute Gasteiger partial charge is 1.00 e. The molecule has 0 radical (unpaired) electrons. The summed E-state index contributed by atoms with van der Waals surface area (Å²) in [7, 11) is -4.77. The van der Waals surface area contributed by atoms with Gasteiger partial charge in [0.15, 0.2) is 5.25 Å². The summed E-state index contributed by atoms with van der Waals surface area (Å²) in [5.74, 6) is -2.78. The number of nitrogens with one attached hydrogen (secondary N) is 1. The Labute approximate surface area is 216 Å². The van der Waals surface area contributed by atoms with E-state index < -0.39 is 55.4 Å². The Balaban J connectivity index is 0.00000210. The summed E-state index contributed by atoms with van der Waals surface area (Å²) in [4.78, 5) is 37.7. The third-order valence-electron chi connectivity index (χ3n) is 4.61. The number of carbonyl (C=O) groups is 3. The van der Waals surface area contributed by atoms with Crippen molar-refractivity contribution in [2.24, 2.45) is 0 Å². The number of hydrogen-bond donors (Lipinski definition) is 3. The van der Waals surface area contributed by atoms with Crippen LogP contribution in [-0.2, 0) is 24.5 Å². The van der Waals surface area contributed by atoms with E-state index in [1.807, 2.05) is 0 Å². The number of amides is 2. The summed E-state index contributed by atoms with van der Waals surface area (Å²) in [5.41, 5.74) is 0.0592. The molecule has 0 aliphatic carbocycles. The fourth-order valence-corrected chi connectivity index (χ4v) is 5.93. The van der Waals surface area contributed by atoms with Gasteiger partial charge in [0.2, 0.25) is 11.8 Å². The minimum atomic E-state index is -4.77. The topological polar surface area (TPSA) is 141 Å². The van der Waals surface area contributed by atoms with Gasteiger partial charge in [-0.1, -0.05) is 30.3 Å². The molecule has 0 unspecified atom stereocenters. The number of carbonyl (C=O) groups excluding carboxylic acids is 2. The minimum absolute atomic E-state index is 0. The van der Waals surface area contributed by atoms with Crippen LogP contribution >= 0.6 is 11.8 Å². The maximum absolute atomic E-state index is 12.6. The molecule has 146 valence electrons. The SMILES string of the molecule is CC1(C)S[C@@H]2[C@H](NC(=O)[C@@H](c3ccccc3)S(=O)(=O)O)C(=O)N2[C@H]1C(=O)O.[Na+].[Na+]. The fourth-order valence-electron chi connectivity index (χ4n) is 3.46. The molecule has 0 saturated carbocycles. The van der Waals surface area contributed by atoms with E-state index in [1.54, 1.807) is 19.9 Å². The molecule has 1 aromatic carbocycles. The van der Waals surface area contributed by atoms with E-state index in [4.69, 9.17) is 0 Å². The quantitative estimate of drug-likeness (QED) is 0.224. The molecule has 4 atom stereocenters. The molecule has 0 aromatic heterocycles. The zero-order valence-corrected chi connectivity index (χ0v) is 22.0. The Morgan fingerprint density at radius 2 is 1.76 bits per heavy atom. The summed E-state index contributed by atoms with van der Waals surface area (Å²) >= 11 is 1.22. The van der Waals surface area contributed by atoms with E-state index in [9.17, 15) is 32.5 Å². The number of fused-ring (bicyclic) bond motifs is 1. The van der Waals surface area contributed by atoms with Gasteiger partial charge in [0.25, 0.3) is 10.1 Å². The van der Waals surface area contributed by atoms with Gasteiger partial charge >= 0.3 is 65.1 Å². The molecular weight excluding hydrogens is 442 g/mol. The number of carboxylic acid groups (broad SMARTS) is 1. The number of carboxylic acids is 1. The first-order valence-corrected chi connectivity index (χ1v) is 10.4. The van der Waals surface area contributed by atoms with E-state index >= 15 is 0 Å².